The molecular formula is C18H24F2N2O3. The van der Waals surface area contributed by atoms with Gasteiger partial charge in [-0.1, -0.05) is 6.07 Å². The van der Waals surface area contributed by atoms with Crippen molar-refractivity contribution in [3.8, 4) is 0 Å². The third-order valence-corrected chi connectivity index (χ3v) is 4.80. The van der Waals surface area contributed by atoms with E-state index in [0.29, 0.717) is 13.2 Å². The van der Waals surface area contributed by atoms with Crippen molar-refractivity contribution in [1.29, 1.82) is 0 Å². The van der Waals surface area contributed by atoms with Crippen LogP contribution >= 0.6 is 0 Å². The Bertz CT molecular complexity index is 633. The van der Waals surface area contributed by atoms with Crippen molar-refractivity contribution in [2.24, 2.45) is 0 Å². The highest BCUT2D eigenvalue weighted by Gasteiger charge is 2.47. The van der Waals surface area contributed by atoms with Crippen LogP contribution in [0.5, 0.6) is 0 Å². The molecule has 1 amide bonds. The molecule has 7 heteroatoms. The average Bonchev–Trinajstić information content (AvgIpc) is 2.55. The van der Waals surface area contributed by atoms with E-state index in [2.05, 4.69) is 4.90 Å². The Morgan fingerprint density at radius 3 is 2.80 bits per heavy atom. The summed E-state index contributed by atoms with van der Waals surface area (Å²) < 4.78 is 38.0. The molecule has 3 rings (SSSR count). The monoisotopic (exact) mass is 354 g/mol. The zero-order valence-electron chi connectivity index (χ0n) is 14.6. The molecule has 2 fully saturated rings. The summed E-state index contributed by atoms with van der Waals surface area (Å²) in [5, 5.41) is 0. The minimum Gasteiger partial charge on any atom is -0.372 e. The lowest BCUT2D eigenvalue weighted by Crippen LogP contribution is -2.65. The third kappa shape index (κ3) is 4.34. The highest BCUT2D eigenvalue weighted by Crippen LogP contribution is 2.36. The minimum atomic E-state index is -0.827. The molecule has 0 aromatic heterocycles. The Morgan fingerprint density at radius 2 is 2.12 bits per heavy atom. The Kier molecular flexibility index (Phi) is 5.36. The van der Waals surface area contributed by atoms with Gasteiger partial charge in [-0.3, -0.25) is 9.69 Å². The van der Waals surface area contributed by atoms with Gasteiger partial charge in [-0.2, -0.15) is 0 Å². The van der Waals surface area contributed by atoms with Crippen LogP contribution in [0.15, 0.2) is 18.2 Å². The van der Waals surface area contributed by atoms with Crippen LogP contribution in [-0.2, 0) is 20.8 Å². The number of hydrogen-bond donors (Lipinski definition) is 0. The Morgan fingerprint density at radius 1 is 1.36 bits per heavy atom. The molecule has 138 valence electrons. The van der Waals surface area contributed by atoms with Gasteiger partial charge in [0, 0.05) is 46.8 Å². The Labute approximate surface area is 146 Å². The summed E-state index contributed by atoms with van der Waals surface area (Å²) in [7, 11) is 3.42. The van der Waals surface area contributed by atoms with Gasteiger partial charge in [0.05, 0.1) is 11.7 Å². The van der Waals surface area contributed by atoms with Crippen LogP contribution in [0.25, 0.3) is 0 Å². The lowest BCUT2D eigenvalue weighted by atomic mass is 9.84. The maximum atomic E-state index is 13.3. The summed E-state index contributed by atoms with van der Waals surface area (Å²) in [4.78, 5) is 15.3. The molecule has 0 unspecified atom stereocenters. The van der Waals surface area contributed by atoms with Crippen molar-refractivity contribution >= 4 is 5.91 Å². The van der Waals surface area contributed by atoms with Crippen molar-refractivity contribution in [1.82, 2.24) is 9.80 Å². The van der Waals surface area contributed by atoms with Crippen LogP contribution in [-0.4, -0.2) is 67.8 Å². The number of benzene rings is 1. The smallest absolute Gasteiger partial charge is 0.248 e. The van der Waals surface area contributed by atoms with Crippen LogP contribution in [0, 0.1) is 11.6 Å². The van der Waals surface area contributed by atoms with E-state index in [-0.39, 0.29) is 24.2 Å². The number of nitrogens with zero attached hydrogens (tertiary/aromatic N) is 2. The molecule has 2 aliphatic heterocycles. The highest BCUT2D eigenvalue weighted by molar-refractivity contribution is 5.76. The average molecular weight is 354 g/mol. The largest absolute Gasteiger partial charge is 0.372 e. The SMILES string of the molecule is CN(C)C(=O)CO[C@@H]1CCOC2(C1)CN(Cc1ccc(F)c(F)c1)C2. The first kappa shape index (κ1) is 18.2. The predicted octanol–water partition coefficient (Wildman–Crippen LogP) is 1.80. The maximum Gasteiger partial charge on any atom is 0.248 e. The number of rotatable bonds is 5. The summed E-state index contributed by atoms with van der Waals surface area (Å²) in [6, 6.07) is 3.99. The molecule has 1 atom stereocenters. The van der Waals surface area contributed by atoms with Crippen LogP contribution in [0.4, 0.5) is 8.78 Å². The number of likely N-dealkylation sites (tertiary alicyclic amines) is 1. The van der Waals surface area contributed by atoms with Gasteiger partial charge in [0.2, 0.25) is 5.91 Å². The fourth-order valence-electron chi connectivity index (χ4n) is 3.44. The predicted molar refractivity (Wildman–Crippen MR) is 88.0 cm³/mol. The number of carbonyl (C=O) groups is 1. The topological polar surface area (TPSA) is 42.0 Å². The lowest BCUT2D eigenvalue weighted by molar-refractivity contribution is -0.200. The standard InChI is InChI=1S/C18H24F2N2O3/c1-21(2)17(23)10-24-14-5-6-25-18(8-14)11-22(12-18)9-13-3-4-15(19)16(20)7-13/h3-4,7,14H,5-6,8-12H2,1-2H3/t14-/m1/s1. The normalized spacial score (nSPS) is 22.6. The van der Waals surface area contributed by atoms with Gasteiger partial charge < -0.3 is 14.4 Å². The highest BCUT2D eigenvalue weighted by atomic mass is 19.2. The molecule has 1 aromatic carbocycles. The fraction of sp³-hybridized carbons (Fsp3) is 0.611. The van der Waals surface area contributed by atoms with Crippen molar-refractivity contribution in [2.75, 3.05) is 40.4 Å². The van der Waals surface area contributed by atoms with Crippen molar-refractivity contribution in [3.05, 3.63) is 35.4 Å². The van der Waals surface area contributed by atoms with Crippen LogP contribution in [0.2, 0.25) is 0 Å². The van der Waals surface area contributed by atoms with Gasteiger partial charge in [0.1, 0.15) is 6.61 Å². The van der Waals surface area contributed by atoms with Gasteiger partial charge >= 0.3 is 0 Å². The molecule has 0 saturated carbocycles. The molecule has 0 N–H and O–H groups in total. The van der Waals surface area contributed by atoms with Crippen LogP contribution in [0.3, 0.4) is 0 Å². The summed E-state index contributed by atoms with van der Waals surface area (Å²) >= 11 is 0. The van der Waals surface area contributed by atoms with Crippen LogP contribution < -0.4 is 0 Å². The van der Waals surface area contributed by atoms with E-state index in [1.165, 1.54) is 11.0 Å². The number of hydrogen-bond acceptors (Lipinski definition) is 4. The number of amides is 1. The van der Waals surface area contributed by atoms with E-state index in [1.807, 2.05) is 0 Å². The van der Waals surface area contributed by atoms with E-state index in [9.17, 15) is 13.6 Å². The van der Waals surface area contributed by atoms with E-state index in [1.54, 1.807) is 20.2 Å². The second-order valence-corrected chi connectivity index (χ2v) is 7.14. The first-order chi connectivity index (χ1) is 11.9. The Hall–Kier alpha value is -1.57. The molecule has 1 aromatic rings. The lowest BCUT2D eigenvalue weighted by Gasteiger charge is -2.53. The summed E-state index contributed by atoms with van der Waals surface area (Å²) in [6.45, 7) is 2.72. The van der Waals surface area contributed by atoms with Crippen molar-refractivity contribution in [3.63, 3.8) is 0 Å². The molecule has 2 heterocycles. The number of likely N-dealkylation sites (N-methyl/N-ethyl adjacent to an activating group) is 1. The van der Waals surface area contributed by atoms with Gasteiger partial charge in [0.25, 0.3) is 0 Å². The van der Waals surface area contributed by atoms with Gasteiger partial charge in [-0.25, -0.2) is 8.78 Å². The second-order valence-electron chi connectivity index (χ2n) is 7.14. The van der Waals surface area contributed by atoms with Crippen molar-refractivity contribution < 1.29 is 23.0 Å². The summed E-state index contributed by atoms with van der Waals surface area (Å²) in [5.74, 6) is -1.69. The summed E-state index contributed by atoms with van der Waals surface area (Å²) in [6.07, 6.45) is 1.55. The van der Waals surface area contributed by atoms with Gasteiger partial charge in [-0.15, -0.1) is 0 Å². The van der Waals surface area contributed by atoms with Crippen molar-refractivity contribution in [2.45, 2.75) is 31.1 Å². The van der Waals surface area contributed by atoms with E-state index < -0.39 is 11.6 Å². The molecule has 0 aliphatic carbocycles. The fourth-order valence-corrected chi connectivity index (χ4v) is 3.44. The molecule has 1 spiro atoms. The first-order valence-electron chi connectivity index (χ1n) is 8.49. The first-order valence-corrected chi connectivity index (χ1v) is 8.49. The zero-order chi connectivity index (χ0) is 18.0. The van der Waals surface area contributed by atoms with E-state index in [0.717, 1.165) is 37.6 Å². The summed E-state index contributed by atoms with van der Waals surface area (Å²) in [5.41, 5.74) is 0.497. The molecule has 25 heavy (non-hydrogen) atoms. The molecule has 2 aliphatic rings. The quantitative estimate of drug-likeness (QED) is 0.809. The second kappa shape index (κ2) is 7.35. The zero-order valence-corrected chi connectivity index (χ0v) is 14.6. The third-order valence-electron chi connectivity index (χ3n) is 4.80. The van der Waals surface area contributed by atoms with Gasteiger partial charge in [-0.05, 0) is 24.1 Å². The van der Waals surface area contributed by atoms with Gasteiger partial charge in [0.15, 0.2) is 11.6 Å². The van der Waals surface area contributed by atoms with Crippen LogP contribution in [0.1, 0.15) is 18.4 Å². The van der Waals surface area contributed by atoms with E-state index in [4.69, 9.17) is 9.47 Å². The Balaban J connectivity index is 1.48. The molecule has 5 nitrogen and oxygen atoms in total. The molecule has 0 radical (unpaired) electrons. The number of halogens is 2. The number of ether oxygens (including phenoxy) is 2. The minimum absolute atomic E-state index is 0.0167. The molecular weight excluding hydrogens is 330 g/mol. The maximum absolute atomic E-state index is 13.3. The van der Waals surface area contributed by atoms with E-state index >= 15 is 0 Å². The number of carbonyl (C=O) groups excluding carboxylic acids is 1. The molecule has 0 bridgehead atoms. The molecule has 2 saturated heterocycles.